The Morgan fingerprint density at radius 1 is 1.24 bits per heavy atom. The summed E-state index contributed by atoms with van der Waals surface area (Å²) in [6.45, 7) is 1.49. The van der Waals surface area contributed by atoms with Gasteiger partial charge in [0.05, 0.1) is 5.92 Å². The molecule has 2 N–H and O–H groups in total. The minimum Gasteiger partial charge on any atom is -0.481 e. The Balaban J connectivity index is 2.37. The summed E-state index contributed by atoms with van der Waals surface area (Å²) < 4.78 is 0. The number of carboxylic acid groups (broad SMARTS) is 1. The van der Waals surface area contributed by atoms with Crippen molar-refractivity contribution >= 4 is 11.9 Å². The van der Waals surface area contributed by atoms with Crippen LogP contribution in [0.1, 0.15) is 25.7 Å². The van der Waals surface area contributed by atoms with Crippen molar-refractivity contribution in [3.63, 3.8) is 0 Å². The van der Waals surface area contributed by atoms with Crippen molar-refractivity contribution in [1.29, 1.82) is 0 Å². The standard InChI is InChI=1S/C12H22N2O3/c1-13-7-8-14(2)11(15)9-3-5-10(6-4-9)12(16)17/h9-10,13H,3-8H2,1-2H3,(H,16,17). The van der Waals surface area contributed by atoms with Crippen molar-refractivity contribution in [2.75, 3.05) is 27.2 Å². The van der Waals surface area contributed by atoms with Crippen LogP contribution in [0.15, 0.2) is 0 Å². The van der Waals surface area contributed by atoms with E-state index in [0.29, 0.717) is 32.2 Å². The van der Waals surface area contributed by atoms with Crippen molar-refractivity contribution in [2.45, 2.75) is 25.7 Å². The second kappa shape index (κ2) is 6.59. The maximum absolute atomic E-state index is 12.0. The predicted molar refractivity (Wildman–Crippen MR) is 64.6 cm³/mol. The summed E-state index contributed by atoms with van der Waals surface area (Å²) in [6.07, 6.45) is 2.68. The molecule has 0 atom stereocenters. The van der Waals surface area contributed by atoms with Crippen molar-refractivity contribution in [3.05, 3.63) is 0 Å². The third-order valence-electron chi connectivity index (χ3n) is 3.50. The minimum atomic E-state index is -0.723. The molecule has 0 heterocycles. The zero-order valence-electron chi connectivity index (χ0n) is 10.6. The molecule has 0 radical (unpaired) electrons. The van der Waals surface area contributed by atoms with Gasteiger partial charge in [-0.3, -0.25) is 9.59 Å². The Kier molecular flexibility index (Phi) is 5.41. The summed E-state index contributed by atoms with van der Waals surface area (Å²) in [6, 6.07) is 0. The van der Waals surface area contributed by atoms with Crippen LogP contribution in [0.25, 0.3) is 0 Å². The van der Waals surface area contributed by atoms with Crippen LogP contribution in [0.2, 0.25) is 0 Å². The predicted octanol–water partition coefficient (Wildman–Crippen LogP) is 0.555. The Morgan fingerprint density at radius 3 is 2.24 bits per heavy atom. The fourth-order valence-electron chi connectivity index (χ4n) is 2.29. The van der Waals surface area contributed by atoms with E-state index in [1.807, 2.05) is 14.1 Å². The molecule has 1 rings (SSSR count). The van der Waals surface area contributed by atoms with Crippen molar-refractivity contribution in [3.8, 4) is 0 Å². The molecule has 5 nitrogen and oxygen atoms in total. The van der Waals surface area contributed by atoms with Crippen molar-refractivity contribution < 1.29 is 14.7 Å². The van der Waals surface area contributed by atoms with Gasteiger partial charge in [-0.2, -0.15) is 0 Å². The van der Waals surface area contributed by atoms with Crippen LogP contribution in [-0.2, 0) is 9.59 Å². The SMILES string of the molecule is CNCCN(C)C(=O)C1CCC(C(=O)O)CC1. The first-order chi connectivity index (χ1) is 8.06. The molecular weight excluding hydrogens is 220 g/mol. The number of amides is 1. The van der Waals surface area contributed by atoms with Gasteiger partial charge in [-0.15, -0.1) is 0 Å². The Labute approximate surface area is 102 Å². The minimum absolute atomic E-state index is 0.0208. The van der Waals surface area contributed by atoms with Gasteiger partial charge < -0.3 is 15.3 Å². The number of nitrogens with one attached hydrogen (secondary N) is 1. The second-order valence-electron chi connectivity index (χ2n) is 4.75. The lowest BCUT2D eigenvalue weighted by molar-refractivity contribution is -0.145. The van der Waals surface area contributed by atoms with Crippen LogP contribution >= 0.6 is 0 Å². The lowest BCUT2D eigenvalue weighted by Gasteiger charge is -2.28. The molecule has 0 spiro atoms. The molecule has 0 bridgehead atoms. The van der Waals surface area contributed by atoms with Crippen LogP contribution in [-0.4, -0.2) is 49.1 Å². The summed E-state index contributed by atoms with van der Waals surface area (Å²) in [5.74, 6) is -0.794. The second-order valence-corrected chi connectivity index (χ2v) is 4.75. The molecule has 0 unspecified atom stereocenters. The maximum atomic E-state index is 12.0. The first kappa shape index (κ1) is 14.0. The van der Waals surface area contributed by atoms with Gasteiger partial charge >= 0.3 is 5.97 Å². The summed E-state index contributed by atoms with van der Waals surface area (Å²) in [4.78, 5) is 24.6. The van der Waals surface area contributed by atoms with E-state index in [0.717, 1.165) is 6.54 Å². The summed E-state index contributed by atoms with van der Waals surface area (Å²) in [5.41, 5.74) is 0. The third-order valence-corrected chi connectivity index (χ3v) is 3.50. The Morgan fingerprint density at radius 2 is 1.76 bits per heavy atom. The van der Waals surface area contributed by atoms with E-state index in [1.54, 1.807) is 4.90 Å². The molecule has 0 aromatic heterocycles. The van der Waals surface area contributed by atoms with E-state index in [-0.39, 0.29) is 17.7 Å². The highest BCUT2D eigenvalue weighted by Gasteiger charge is 2.30. The molecule has 0 aromatic carbocycles. The van der Waals surface area contributed by atoms with Gasteiger partial charge in [-0.25, -0.2) is 0 Å². The molecule has 1 fully saturated rings. The van der Waals surface area contributed by atoms with E-state index in [4.69, 9.17) is 5.11 Å². The van der Waals surface area contributed by atoms with Crippen molar-refractivity contribution in [1.82, 2.24) is 10.2 Å². The molecule has 0 saturated heterocycles. The summed E-state index contributed by atoms with van der Waals surface area (Å²) in [5, 5.41) is 11.9. The lowest BCUT2D eigenvalue weighted by atomic mass is 9.81. The van der Waals surface area contributed by atoms with Crippen LogP contribution in [0, 0.1) is 11.8 Å². The number of carbonyl (C=O) groups excluding carboxylic acids is 1. The van der Waals surface area contributed by atoms with Crippen LogP contribution in [0.4, 0.5) is 0 Å². The van der Waals surface area contributed by atoms with Gasteiger partial charge in [0.2, 0.25) is 5.91 Å². The van der Waals surface area contributed by atoms with E-state index in [2.05, 4.69) is 5.32 Å². The van der Waals surface area contributed by atoms with Gasteiger partial charge in [0.25, 0.3) is 0 Å². The molecule has 0 aliphatic heterocycles. The van der Waals surface area contributed by atoms with Crippen LogP contribution < -0.4 is 5.32 Å². The highest BCUT2D eigenvalue weighted by molar-refractivity contribution is 5.79. The van der Waals surface area contributed by atoms with Crippen molar-refractivity contribution in [2.24, 2.45) is 11.8 Å². The highest BCUT2D eigenvalue weighted by Crippen LogP contribution is 2.29. The molecule has 1 saturated carbocycles. The average Bonchev–Trinajstić information content (AvgIpc) is 2.35. The molecule has 98 valence electrons. The molecule has 1 amide bonds. The normalized spacial score (nSPS) is 24.4. The smallest absolute Gasteiger partial charge is 0.306 e. The van der Waals surface area contributed by atoms with E-state index >= 15 is 0 Å². The monoisotopic (exact) mass is 242 g/mol. The van der Waals surface area contributed by atoms with E-state index in [1.165, 1.54) is 0 Å². The zero-order valence-corrected chi connectivity index (χ0v) is 10.6. The first-order valence-electron chi connectivity index (χ1n) is 6.18. The average molecular weight is 242 g/mol. The fraction of sp³-hybridized carbons (Fsp3) is 0.833. The molecular formula is C12H22N2O3. The molecule has 17 heavy (non-hydrogen) atoms. The van der Waals surface area contributed by atoms with Gasteiger partial charge in [-0.05, 0) is 32.7 Å². The van der Waals surface area contributed by atoms with Gasteiger partial charge in [-0.1, -0.05) is 0 Å². The summed E-state index contributed by atoms with van der Waals surface area (Å²) in [7, 11) is 3.67. The highest BCUT2D eigenvalue weighted by atomic mass is 16.4. The first-order valence-corrected chi connectivity index (χ1v) is 6.18. The molecule has 1 aliphatic carbocycles. The maximum Gasteiger partial charge on any atom is 0.306 e. The zero-order chi connectivity index (χ0) is 12.8. The van der Waals surface area contributed by atoms with E-state index in [9.17, 15) is 9.59 Å². The topological polar surface area (TPSA) is 69.6 Å². The lowest BCUT2D eigenvalue weighted by Crippen LogP contribution is -2.38. The van der Waals surface area contributed by atoms with Crippen LogP contribution in [0.3, 0.4) is 0 Å². The quantitative estimate of drug-likeness (QED) is 0.739. The number of aliphatic carboxylic acids is 1. The Hall–Kier alpha value is -1.10. The number of carbonyl (C=O) groups is 2. The summed E-state index contributed by atoms with van der Waals surface area (Å²) >= 11 is 0. The molecule has 1 aliphatic rings. The fourth-order valence-corrected chi connectivity index (χ4v) is 2.29. The largest absolute Gasteiger partial charge is 0.481 e. The Bertz CT molecular complexity index is 273. The number of hydrogen-bond acceptors (Lipinski definition) is 3. The van der Waals surface area contributed by atoms with Gasteiger partial charge in [0.15, 0.2) is 0 Å². The van der Waals surface area contributed by atoms with Gasteiger partial charge in [0.1, 0.15) is 0 Å². The third kappa shape index (κ3) is 4.00. The number of carboxylic acids is 1. The number of rotatable bonds is 5. The van der Waals surface area contributed by atoms with Gasteiger partial charge in [0, 0.05) is 26.1 Å². The number of nitrogens with zero attached hydrogens (tertiary/aromatic N) is 1. The molecule has 5 heteroatoms. The van der Waals surface area contributed by atoms with E-state index < -0.39 is 5.97 Å². The van der Waals surface area contributed by atoms with Crippen LogP contribution in [0.5, 0.6) is 0 Å². The number of hydrogen-bond donors (Lipinski definition) is 2. The number of likely N-dealkylation sites (N-methyl/N-ethyl adjacent to an activating group) is 2. The molecule has 0 aromatic rings.